The zero-order valence-corrected chi connectivity index (χ0v) is 13.2. The second-order valence-corrected chi connectivity index (χ2v) is 7.82. The Labute approximate surface area is 115 Å². The average Bonchev–Trinajstić information content (AvgIpc) is 2.14. The first-order chi connectivity index (χ1) is 7.30. The fraction of sp³-hybridized carbons (Fsp3) is 0.400. The van der Waals surface area contributed by atoms with Crippen molar-refractivity contribution in [3.05, 3.63) is 26.9 Å². The number of hydrogen-bond donors (Lipinski definition) is 0. The summed E-state index contributed by atoms with van der Waals surface area (Å²) in [5.74, 6) is 0. The molecule has 0 N–H and O–H groups in total. The molecule has 0 spiro atoms. The first-order valence-electron chi connectivity index (χ1n) is 4.58. The summed E-state index contributed by atoms with van der Waals surface area (Å²) in [7, 11) is -1.25. The minimum absolute atomic E-state index is 0.349. The Hall–Kier alpha value is -0.0700. The van der Waals surface area contributed by atoms with Crippen LogP contribution in [0.1, 0.15) is 26.5 Å². The number of nitrogens with zero attached hydrogens (tertiary/aromatic N) is 2. The van der Waals surface area contributed by atoms with E-state index in [2.05, 4.69) is 41.2 Å². The third-order valence-corrected chi connectivity index (χ3v) is 4.04. The zero-order valence-electron chi connectivity index (χ0n) is 9.20. The Morgan fingerprint density at radius 3 is 2.56 bits per heavy atom. The summed E-state index contributed by atoms with van der Waals surface area (Å²) < 4.78 is 17.0. The molecule has 16 heavy (non-hydrogen) atoms. The van der Waals surface area contributed by atoms with E-state index in [1.54, 1.807) is 6.20 Å². The highest BCUT2D eigenvalue weighted by Gasteiger charge is 2.18. The second kappa shape index (κ2) is 5.51. The maximum absolute atomic E-state index is 11.7. The molecule has 0 saturated heterocycles. The van der Waals surface area contributed by atoms with E-state index in [0.29, 0.717) is 5.69 Å². The minimum Gasteiger partial charge on any atom is -0.253 e. The van der Waals surface area contributed by atoms with Crippen molar-refractivity contribution in [2.24, 2.45) is 4.40 Å². The molecule has 0 fully saturated rings. The van der Waals surface area contributed by atoms with Gasteiger partial charge in [-0.25, -0.2) is 4.21 Å². The number of rotatable bonds is 2. The summed E-state index contributed by atoms with van der Waals surface area (Å²) in [4.78, 5) is 4.15. The third-order valence-electron chi connectivity index (χ3n) is 1.63. The molecular weight excluding hydrogens is 356 g/mol. The Bertz CT molecular complexity index is 441. The van der Waals surface area contributed by atoms with Crippen molar-refractivity contribution in [2.75, 3.05) is 0 Å². The maximum atomic E-state index is 11.7. The van der Waals surface area contributed by atoms with Gasteiger partial charge in [-0.05, 0) is 58.7 Å². The highest BCUT2D eigenvalue weighted by molar-refractivity contribution is 9.11. The molecule has 1 atom stereocenters. The summed E-state index contributed by atoms with van der Waals surface area (Å²) in [6.07, 6.45) is 3.20. The quantitative estimate of drug-likeness (QED) is 0.751. The largest absolute Gasteiger partial charge is 0.253 e. The van der Waals surface area contributed by atoms with Crippen LogP contribution >= 0.6 is 31.9 Å². The predicted octanol–water partition coefficient (Wildman–Crippen LogP) is 3.49. The van der Waals surface area contributed by atoms with Gasteiger partial charge in [-0.3, -0.25) is 4.98 Å². The van der Waals surface area contributed by atoms with Gasteiger partial charge >= 0.3 is 0 Å². The number of pyridine rings is 1. The second-order valence-electron chi connectivity index (χ2n) is 4.12. The molecule has 1 rings (SSSR count). The SMILES string of the molecule is CC(C)(C)[S@](=O)/N=C\c1ncc(Br)cc1Br. The van der Waals surface area contributed by atoms with Gasteiger partial charge in [0.1, 0.15) is 11.0 Å². The van der Waals surface area contributed by atoms with E-state index in [9.17, 15) is 4.21 Å². The summed E-state index contributed by atoms with van der Waals surface area (Å²) in [6.45, 7) is 5.64. The molecule has 6 heteroatoms. The van der Waals surface area contributed by atoms with Crippen molar-refractivity contribution < 1.29 is 4.21 Å². The highest BCUT2D eigenvalue weighted by atomic mass is 79.9. The van der Waals surface area contributed by atoms with Gasteiger partial charge in [0.15, 0.2) is 0 Å². The molecule has 0 amide bonds. The lowest BCUT2D eigenvalue weighted by Crippen LogP contribution is -2.19. The standard InChI is InChI=1S/C10H12Br2N2OS/c1-10(2,3)16(15)14-6-9-8(12)4-7(11)5-13-9/h4-6H,1-3H3/b14-6-/t16-/m0/s1. The lowest BCUT2D eigenvalue weighted by Gasteiger charge is -2.12. The molecule has 0 aromatic carbocycles. The molecule has 0 unspecified atom stereocenters. The van der Waals surface area contributed by atoms with Crippen LogP contribution in [0.4, 0.5) is 0 Å². The number of halogens is 2. The van der Waals surface area contributed by atoms with Crippen LogP contribution in [0.15, 0.2) is 25.6 Å². The molecule has 88 valence electrons. The predicted molar refractivity (Wildman–Crippen MR) is 75.1 cm³/mol. The van der Waals surface area contributed by atoms with Crippen LogP contribution in [0, 0.1) is 0 Å². The average molecular weight is 368 g/mol. The van der Waals surface area contributed by atoms with E-state index < -0.39 is 11.0 Å². The lowest BCUT2D eigenvalue weighted by molar-refractivity contribution is 0.651. The van der Waals surface area contributed by atoms with Crippen LogP contribution < -0.4 is 0 Å². The topological polar surface area (TPSA) is 42.3 Å². The summed E-state index contributed by atoms with van der Waals surface area (Å²) in [5.41, 5.74) is 0.667. The van der Waals surface area contributed by atoms with Gasteiger partial charge in [0.05, 0.1) is 16.7 Å². The molecule has 1 aromatic heterocycles. The van der Waals surface area contributed by atoms with Gasteiger partial charge in [-0.1, -0.05) is 0 Å². The van der Waals surface area contributed by atoms with Crippen molar-refractivity contribution in [2.45, 2.75) is 25.5 Å². The highest BCUT2D eigenvalue weighted by Crippen LogP contribution is 2.19. The molecule has 0 aliphatic rings. The molecule has 1 heterocycles. The Morgan fingerprint density at radius 1 is 1.44 bits per heavy atom. The normalized spacial score (nSPS) is 14.3. The van der Waals surface area contributed by atoms with Crippen LogP contribution in [0.5, 0.6) is 0 Å². The van der Waals surface area contributed by atoms with Crippen molar-refractivity contribution in [1.82, 2.24) is 4.98 Å². The van der Waals surface area contributed by atoms with E-state index in [0.717, 1.165) is 8.95 Å². The van der Waals surface area contributed by atoms with Crippen molar-refractivity contribution in [3.63, 3.8) is 0 Å². The van der Waals surface area contributed by atoms with Gasteiger partial charge in [0.25, 0.3) is 0 Å². The van der Waals surface area contributed by atoms with Crippen LogP contribution in [0.25, 0.3) is 0 Å². The summed E-state index contributed by atoms with van der Waals surface area (Å²) in [6, 6.07) is 1.87. The molecule has 0 aliphatic heterocycles. The smallest absolute Gasteiger partial charge is 0.144 e. The molecule has 1 aromatic rings. The van der Waals surface area contributed by atoms with E-state index >= 15 is 0 Å². The van der Waals surface area contributed by atoms with Crippen molar-refractivity contribution in [1.29, 1.82) is 0 Å². The van der Waals surface area contributed by atoms with Gasteiger partial charge in [-0.15, -0.1) is 0 Å². The number of aromatic nitrogens is 1. The zero-order chi connectivity index (χ0) is 12.3. The Kier molecular flexibility index (Phi) is 4.82. The minimum atomic E-state index is -1.25. The number of hydrogen-bond acceptors (Lipinski definition) is 2. The van der Waals surface area contributed by atoms with Gasteiger partial charge in [0, 0.05) is 15.1 Å². The molecular formula is C10H12Br2N2OS. The Morgan fingerprint density at radius 2 is 2.06 bits per heavy atom. The molecule has 0 saturated carbocycles. The maximum Gasteiger partial charge on any atom is 0.144 e. The van der Waals surface area contributed by atoms with Crippen LogP contribution in [-0.2, 0) is 11.0 Å². The molecule has 3 nitrogen and oxygen atoms in total. The van der Waals surface area contributed by atoms with Crippen LogP contribution in [-0.4, -0.2) is 20.2 Å². The van der Waals surface area contributed by atoms with E-state index in [1.165, 1.54) is 6.21 Å². The first-order valence-corrected chi connectivity index (χ1v) is 7.27. The van der Waals surface area contributed by atoms with Crippen molar-refractivity contribution >= 4 is 49.1 Å². The first kappa shape index (κ1) is 14.0. The fourth-order valence-corrected chi connectivity index (χ4v) is 2.38. The van der Waals surface area contributed by atoms with Gasteiger partial charge in [-0.2, -0.15) is 4.40 Å². The lowest BCUT2D eigenvalue weighted by atomic mass is 10.3. The van der Waals surface area contributed by atoms with Crippen LogP contribution in [0.2, 0.25) is 0 Å². The van der Waals surface area contributed by atoms with Crippen molar-refractivity contribution in [3.8, 4) is 0 Å². The third kappa shape index (κ3) is 4.07. The fourth-order valence-electron chi connectivity index (χ4n) is 0.776. The van der Waals surface area contributed by atoms with Gasteiger partial charge < -0.3 is 0 Å². The molecule has 0 bridgehead atoms. The molecule has 0 radical (unpaired) electrons. The molecule has 0 aliphatic carbocycles. The Balaban J connectivity index is 2.89. The van der Waals surface area contributed by atoms with E-state index in [4.69, 9.17) is 0 Å². The van der Waals surface area contributed by atoms with E-state index in [1.807, 2.05) is 26.8 Å². The van der Waals surface area contributed by atoms with E-state index in [-0.39, 0.29) is 4.75 Å². The van der Waals surface area contributed by atoms with Gasteiger partial charge in [0.2, 0.25) is 0 Å². The summed E-state index contributed by atoms with van der Waals surface area (Å²) in [5, 5.41) is 0. The summed E-state index contributed by atoms with van der Waals surface area (Å²) >= 11 is 6.68. The monoisotopic (exact) mass is 366 g/mol. The van der Waals surface area contributed by atoms with Crippen LogP contribution in [0.3, 0.4) is 0 Å².